The number of thiophene rings is 1. The van der Waals surface area contributed by atoms with Crippen LogP contribution in [0.25, 0.3) is 11.4 Å². The number of nitrogens with one attached hydrogen (secondary N) is 1. The number of hydrogen-bond donors (Lipinski definition) is 1. The summed E-state index contributed by atoms with van der Waals surface area (Å²) in [6, 6.07) is 4.20. The zero-order valence-corrected chi connectivity index (χ0v) is 20.2. The van der Waals surface area contributed by atoms with Crippen LogP contribution >= 0.6 is 23.1 Å². The number of carbonyl (C=O) groups is 2. The van der Waals surface area contributed by atoms with Crippen LogP contribution in [0.1, 0.15) is 53.0 Å². The van der Waals surface area contributed by atoms with E-state index >= 15 is 0 Å². The number of carbonyl (C=O) groups excluding carboxylic acids is 2. The summed E-state index contributed by atoms with van der Waals surface area (Å²) in [5, 5.41) is 13.0. The van der Waals surface area contributed by atoms with Crippen LogP contribution in [0.3, 0.4) is 0 Å². The fourth-order valence-corrected chi connectivity index (χ4v) is 6.40. The van der Waals surface area contributed by atoms with Crippen molar-refractivity contribution >= 4 is 40.0 Å². The van der Waals surface area contributed by atoms with Crippen LogP contribution in [0.4, 0.5) is 5.00 Å². The molecule has 3 heterocycles. The zero-order chi connectivity index (χ0) is 22.9. The Kier molecular flexibility index (Phi) is 6.20. The number of amides is 1. The minimum Gasteiger partial charge on any atom is -0.465 e. The van der Waals surface area contributed by atoms with Gasteiger partial charge in [0.25, 0.3) is 0 Å². The molecular weight excluding hydrogens is 458 g/mol. The van der Waals surface area contributed by atoms with Crippen LogP contribution in [0.2, 0.25) is 0 Å². The maximum absolute atomic E-state index is 12.9. The van der Waals surface area contributed by atoms with Crippen LogP contribution in [0.5, 0.6) is 0 Å². The molecule has 8 nitrogen and oxygen atoms in total. The first-order chi connectivity index (χ1) is 16.0. The number of hydrogen-bond acceptors (Lipinski definition) is 8. The molecule has 172 valence electrons. The predicted octanol–water partition coefficient (Wildman–Crippen LogP) is 4.38. The van der Waals surface area contributed by atoms with E-state index in [0.29, 0.717) is 22.5 Å². The molecule has 5 rings (SSSR count). The quantitative estimate of drug-likeness (QED) is 0.393. The number of thioether (sulfide) groups is 1. The van der Waals surface area contributed by atoms with E-state index in [1.165, 1.54) is 35.1 Å². The highest BCUT2D eigenvalue weighted by molar-refractivity contribution is 7.99. The molecule has 2 aliphatic rings. The standard InChI is InChI=1S/C23H25N5O3S2/c1-13-5-8-16-17(10-13)33-21(19(16)22(30)31-2)25-18(29)12-32-23-27-26-20(28(23)15-6-7-15)14-4-3-9-24-11-14/h3-4,9,11,13,15H,5-8,10,12H2,1-2H3,(H,25,29). The van der Waals surface area contributed by atoms with Gasteiger partial charge in [-0.05, 0) is 55.7 Å². The molecule has 10 heteroatoms. The van der Waals surface area contributed by atoms with Gasteiger partial charge in [-0.25, -0.2) is 4.79 Å². The highest BCUT2D eigenvalue weighted by atomic mass is 32.2. The predicted molar refractivity (Wildman–Crippen MR) is 128 cm³/mol. The van der Waals surface area contributed by atoms with Crippen molar-refractivity contribution in [3.8, 4) is 11.4 Å². The second-order valence-corrected chi connectivity index (χ2v) is 10.6. The molecule has 0 saturated heterocycles. The highest BCUT2D eigenvalue weighted by Gasteiger charge is 2.31. The van der Waals surface area contributed by atoms with Crippen LogP contribution < -0.4 is 5.32 Å². The third-order valence-corrected chi connectivity index (χ3v) is 8.10. The van der Waals surface area contributed by atoms with E-state index in [1.807, 2.05) is 12.1 Å². The van der Waals surface area contributed by atoms with E-state index < -0.39 is 0 Å². The Balaban J connectivity index is 1.32. The van der Waals surface area contributed by atoms with Crippen molar-refractivity contribution in [3.63, 3.8) is 0 Å². The Labute approximate surface area is 200 Å². The van der Waals surface area contributed by atoms with Gasteiger partial charge in [-0.2, -0.15) is 0 Å². The third-order valence-electron chi connectivity index (χ3n) is 5.98. The van der Waals surface area contributed by atoms with Crippen LogP contribution in [0, 0.1) is 5.92 Å². The number of methoxy groups -OCH3 is 1. The number of ether oxygens (including phenoxy) is 1. The molecule has 3 aromatic heterocycles. The van der Waals surface area contributed by atoms with Gasteiger partial charge in [0.15, 0.2) is 11.0 Å². The van der Waals surface area contributed by atoms with Crippen molar-refractivity contribution in [2.24, 2.45) is 5.92 Å². The van der Waals surface area contributed by atoms with Crippen molar-refractivity contribution < 1.29 is 14.3 Å². The third kappa shape index (κ3) is 4.54. The van der Waals surface area contributed by atoms with Crippen LogP contribution in [-0.2, 0) is 22.4 Å². The van der Waals surface area contributed by atoms with E-state index in [2.05, 4.69) is 32.0 Å². The van der Waals surface area contributed by atoms with Crippen LogP contribution in [-0.4, -0.2) is 44.5 Å². The van der Waals surface area contributed by atoms with E-state index in [4.69, 9.17) is 4.74 Å². The summed E-state index contributed by atoms with van der Waals surface area (Å²) in [7, 11) is 1.38. The fraction of sp³-hybridized carbons (Fsp3) is 0.435. The number of esters is 1. The summed E-state index contributed by atoms with van der Waals surface area (Å²) >= 11 is 2.86. The summed E-state index contributed by atoms with van der Waals surface area (Å²) in [6.45, 7) is 2.21. The lowest BCUT2D eigenvalue weighted by molar-refractivity contribution is -0.113. The van der Waals surface area contributed by atoms with Crippen molar-refractivity contribution in [2.75, 3.05) is 18.2 Å². The maximum Gasteiger partial charge on any atom is 0.341 e. The normalized spacial score (nSPS) is 17.5. The Hall–Kier alpha value is -2.72. The van der Waals surface area contributed by atoms with E-state index in [9.17, 15) is 9.59 Å². The topological polar surface area (TPSA) is 99.0 Å². The summed E-state index contributed by atoms with van der Waals surface area (Å²) in [4.78, 5) is 30.7. The molecule has 1 fully saturated rings. The van der Waals surface area contributed by atoms with Gasteiger partial charge in [0, 0.05) is 28.9 Å². The molecule has 1 saturated carbocycles. The van der Waals surface area contributed by atoms with Gasteiger partial charge in [-0.1, -0.05) is 18.7 Å². The molecule has 0 aromatic carbocycles. The summed E-state index contributed by atoms with van der Waals surface area (Å²) in [6.07, 6.45) is 8.46. The van der Waals surface area contributed by atoms with Crippen molar-refractivity contribution in [1.82, 2.24) is 19.7 Å². The first-order valence-electron chi connectivity index (χ1n) is 11.1. The molecule has 0 aliphatic heterocycles. The first kappa shape index (κ1) is 22.1. The molecule has 1 amide bonds. The average Bonchev–Trinajstić information content (AvgIpc) is 3.47. The van der Waals surface area contributed by atoms with E-state index in [1.54, 1.807) is 12.4 Å². The van der Waals surface area contributed by atoms with Gasteiger partial charge in [-0.3, -0.25) is 14.3 Å². The van der Waals surface area contributed by atoms with Gasteiger partial charge in [0.05, 0.1) is 18.4 Å². The Morgan fingerprint density at radius 3 is 2.88 bits per heavy atom. The number of nitrogens with zero attached hydrogens (tertiary/aromatic N) is 4. The molecule has 0 spiro atoms. The largest absolute Gasteiger partial charge is 0.465 e. The Morgan fingerprint density at radius 2 is 2.15 bits per heavy atom. The lowest BCUT2D eigenvalue weighted by Gasteiger charge is -2.18. The summed E-state index contributed by atoms with van der Waals surface area (Å²) in [5.41, 5.74) is 2.46. The number of aromatic nitrogens is 4. The second kappa shape index (κ2) is 9.26. The van der Waals surface area contributed by atoms with Gasteiger partial charge in [0.1, 0.15) is 5.00 Å². The minimum absolute atomic E-state index is 0.176. The SMILES string of the molecule is COC(=O)c1c(NC(=O)CSc2nnc(-c3cccnc3)n2C2CC2)sc2c1CCC(C)C2. The maximum atomic E-state index is 12.9. The molecule has 0 bridgehead atoms. The number of anilines is 1. The average molecular weight is 484 g/mol. The van der Waals surface area contributed by atoms with Gasteiger partial charge in [-0.15, -0.1) is 21.5 Å². The summed E-state index contributed by atoms with van der Waals surface area (Å²) < 4.78 is 7.13. The van der Waals surface area contributed by atoms with E-state index in [-0.39, 0.29) is 17.6 Å². The smallest absolute Gasteiger partial charge is 0.341 e. The minimum atomic E-state index is -0.389. The summed E-state index contributed by atoms with van der Waals surface area (Å²) in [5.74, 6) is 0.965. The Bertz CT molecular complexity index is 1190. The first-order valence-corrected chi connectivity index (χ1v) is 12.9. The van der Waals surface area contributed by atoms with Crippen LogP contribution in [0.15, 0.2) is 29.7 Å². The van der Waals surface area contributed by atoms with Gasteiger partial charge < -0.3 is 10.1 Å². The number of rotatable bonds is 7. The van der Waals surface area contributed by atoms with Crippen molar-refractivity contribution in [2.45, 2.75) is 50.2 Å². The zero-order valence-electron chi connectivity index (χ0n) is 18.5. The molecule has 33 heavy (non-hydrogen) atoms. The molecule has 3 aromatic rings. The molecule has 2 aliphatic carbocycles. The molecular formula is C23H25N5O3S2. The number of pyridine rings is 1. The van der Waals surface area contributed by atoms with Gasteiger partial charge >= 0.3 is 5.97 Å². The second-order valence-electron chi connectivity index (χ2n) is 8.53. The molecule has 0 radical (unpaired) electrons. The highest BCUT2D eigenvalue weighted by Crippen LogP contribution is 2.42. The lowest BCUT2D eigenvalue weighted by atomic mass is 9.88. The van der Waals surface area contributed by atoms with Crippen molar-refractivity contribution in [3.05, 3.63) is 40.5 Å². The number of fused-ring (bicyclic) bond motifs is 1. The Morgan fingerprint density at radius 1 is 1.30 bits per heavy atom. The van der Waals surface area contributed by atoms with Gasteiger partial charge in [0.2, 0.25) is 5.91 Å². The van der Waals surface area contributed by atoms with E-state index in [0.717, 1.165) is 54.2 Å². The fourth-order valence-electron chi connectivity index (χ4n) is 4.18. The molecule has 1 N–H and O–H groups in total. The molecule has 1 atom stereocenters. The monoisotopic (exact) mass is 483 g/mol. The molecule has 1 unspecified atom stereocenters. The van der Waals surface area contributed by atoms with Crippen molar-refractivity contribution in [1.29, 1.82) is 0 Å². The lowest BCUT2D eigenvalue weighted by Crippen LogP contribution is -2.17.